The van der Waals surface area contributed by atoms with E-state index in [1.807, 2.05) is 0 Å². The molecule has 0 unspecified atom stereocenters. The Balaban J connectivity index is 1.76. The zero-order chi connectivity index (χ0) is 18.0. The van der Waals surface area contributed by atoms with Crippen molar-refractivity contribution in [2.75, 3.05) is 13.1 Å². The summed E-state index contributed by atoms with van der Waals surface area (Å²) in [7, 11) is -3.63. The molecule has 3 rings (SSSR count). The van der Waals surface area contributed by atoms with Crippen LogP contribution < -0.4 is 5.32 Å². The summed E-state index contributed by atoms with van der Waals surface area (Å²) in [5, 5.41) is 5.30. The zero-order valence-electron chi connectivity index (χ0n) is 13.2. The van der Waals surface area contributed by atoms with E-state index in [0.717, 1.165) is 24.2 Å². The molecule has 5 nitrogen and oxygen atoms in total. The molecule has 1 N–H and O–H groups in total. The van der Waals surface area contributed by atoms with E-state index in [2.05, 4.69) is 5.32 Å². The number of sulfonamides is 1. The smallest absolute Gasteiger partial charge is 0.263 e. The Bertz CT molecular complexity index is 891. The van der Waals surface area contributed by atoms with Gasteiger partial charge >= 0.3 is 0 Å². The van der Waals surface area contributed by atoms with Crippen LogP contribution in [0.25, 0.3) is 0 Å². The summed E-state index contributed by atoms with van der Waals surface area (Å²) in [6.07, 6.45) is 1.69. The summed E-state index contributed by atoms with van der Waals surface area (Å²) in [6, 6.07) is 6.49. The Hall–Kier alpha value is -1.12. The molecular weight excluding hydrogens is 403 g/mol. The average Bonchev–Trinajstić information content (AvgIpc) is 3.25. The van der Waals surface area contributed by atoms with Gasteiger partial charge in [0.25, 0.3) is 5.91 Å². The van der Waals surface area contributed by atoms with Crippen LogP contribution in [0.3, 0.4) is 0 Å². The molecule has 134 valence electrons. The Labute approximate surface area is 160 Å². The molecule has 2 heterocycles. The minimum Gasteiger partial charge on any atom is -0.347 e. The highest BCUT2D eigenvalue weighted by atomic mass is 35.5. The molecule has 1 fully saturated rings. The van der Waals surface area contributed by atoms with E-state index in [-0.39, 0.29) is 16.3 Å². The summed E-state index contributed by atoms with van der Waals surface area (Å²) in [4.78, 5) is 12.7. The topological polar surface area (TPSA) is 66.5 Å². The van der Waals surface area contributed by atoms with E-state index in [9.17, 15) is 13.2 Å². The maximum atomic E-state index is 12.7. The van der Waals surface area contributed by atoms with Crippen molar-refractivity contribution in [3.8, 4) is 0 Å². The zero-order valence-corrected chi connectivity index (χ0v) is 16.3. The highest BCUT2D eigenvalue weighted by Gasteiger charge is 2.31. The fourth-order valence-electron chi connectivity index (χ4n) is 2.65. The molecule has 1 amide bonds. The molecule has 9 heteroatoms. The van der Waals surface area contributed by atoms with Crippen LogP contribution >= 0.6 is 34.5 Å². The van der Waals surface area contributed by atoms with Crippen LogP contribution in [0.2, 0.25) is 10.0 Å². The number of thiophene rings is 1. The summed E-state index contributed by atoms with van der Waals surface area (Å²) in [5.74, 6) is -0.432. The van der Waals surface area contributed by atoms with Crippen molar-refractivity contribution in [3.05, 3.63) is 50.1 Å². The maximum Gasteiger partial charge on any atom is 0.263 e. The first-order valence-electron chi connectivity index (χ1n) is 7.69. The van der Waals surface area contributed by atoms with Gasteiger partial charge in [-0.15, -0.1) is 11.3 Å². The number of nitrogens with one attached hydrogen (secondary N) is 1. The predicted molar refractivity (Wildman–Crippen MR) is 99.9 cm³/mol. The van der Waals surface area contributed by atoms with E-state index in [1.165, 1.54) is 10.4 Å². The van der Waals surface area contributed by atoms with Gasteiger partial charge in [-0.05, 0) is 42.0 Å². The molecule has 0 radical (unpaired) electrons. The Morgan fingerprint density at radius 1 is 1.20 bits per heavy atom. The quantitative estimate of drug-likeness (QED) is 0.803. The van der Waals surface area contributed by atoms with Crippen molar-refractivity contribution in [2.45, 2.75) is 24.3 Å². The Morgan fingerprint density at radius 3 is 2.60 bits per heavy atom. The van der Waals surface area contributed by atoms with Crippen LogP contribution in [0.15, 0.2) is 34.5 Å². The molecule has 0 atom stereocenters. The Morgan fingerprint density at radius 2 is 1.92 bits per heavy atom. The summed E-state index contributed by atoms with van der Waals surface area (Å²) < 4.78 is 26.8. The van der Waals surface area contributed by atoms with Gasteiger partial charge in [-0.2, -0.15) is 4.31 Å². The van der Waals surface area contributed by atoms with E-state index >= 15 is 0 Å². The summed E-state index contributed by atoms with van der Waals surface area (Å²) in [6.45, 7) is 1.19. The highest BCUT2D eigenvalue weighted by molar-refractivity contribution is 7.89. The predicted octanol–water partition coefficient (Wildman–Crippen LogP) is 3.77. The normalized spacial score (nSPS) is 15.4. The summed E-state index contributed by atoms with van der Waals surface area (Å²) in [5.41, 5.74) is 0.708. The number of rotatable bonds is 5. The maximum absolute atomic E-state index is 12.7. The van der Waals surface area contributed by atoms with Crippen molar-refractivity contribution < 1.29 is 13.2 Å². The minimum absolute atomic E-state index is 0.0686. The van der Waals surface area contributed by atoms with E-state index in [4.69, 9.17) is 23.2 Å². The molecule has 0 spiro atoms. The molecular formula is C16H16Cl2N2O3S2. The van der Waals surface area contributed by atoms with E-state index in [0.29, 0.717) is 28.7 Å². The number of carbonyl (C=O) groups excluding carboxylic acids is 1. The lowest BCUT2D eigenvalue weighted by Gasteiger charge is -2.15. The molecule has 1 aliphatic rings. The van der Waals surface area contributed by atoms with Gasteiger partial charge in [-0.25, -0.2) is 8.42 Å². The van der Waals surface area contributed by atoms with Gasteiger partial charge in [0, 0.05) is 29.7 Å². The van der Waals surface area contributed by atoms with Crippen LogP contribution in [0.1, 0.15) is 28.1 Å². The third-order valence-electron chi connectivity index (χ3n) is 3.97. The molecule has 0 saturated carbocycles. The second-order valence-corrected chi connectivity index (χ2v) is 9.31. The first-order valence-corrected chi connectivity index (χ1v) is 10.8. The van der Waals surface area contributed by atoms with Gasteiger partial charge in [0.2, 0.25) is 10.0 Å². The standard InChI is InChI=1S/C16H16Cl2N2O3S2/c17-12-4-3-11(13(18)9-12)10-19-16(21)15-14(5-8-24-15)25(22,23)20-6-1-2-7-20/h3-5,8-9H,1-2,6-7,10H2,(H,19,21). The summed E-state index contributed by atoms with van der Waals surface area (Å²) >= 11 is 13.1. The number of nitrogens with zero attached hydrogens (tertiary/aromatic N) is 1. The van der Waals surface area contributed by atoms with Crippen molar-refractivity contribution in [3.63, 3.8) is 0 Å². The van der Waals surface area contributed by atoms with Crippen LogP contribution in [0.5, 0.6) is 0 Å². The van der Waals surface area contributed by atoms with Crippen LogP contribution in [0.4, 0.5) is 0 Å². The molecule has 1 saturated heterocycles. The van der Waals surface area contributed by atoms with Gasteiger partial charge in [-0.3, -0.25) is 4.79 Å². The second kappa shape index (κ2) is 7.63. The van der Waals surface area contributed by atoms with Gasteiger partial charge in [0.15, 0.2) is 0 Å². The molecule has 0 aliphatic carbocycles. The number of hydrogen-bond donors (Lipinski definition) is 1. The first-order chi connectivity index (χ1) is 11.9. The second-order valence-electron chi connectivity index (χ2n) is 5.64. The third kappa shape index (κ3) is 4.01. The number of amides is 1. The Kier molecular flexibility index (Phi) is 5.70. The molecule has 1 aliphatic heterocycles. The van der Waals surface area contributed by atoms with Gasteiger partial charge in [0.05, 0.1) is 0 Å². The van der Waals surface area contributed by atoms with Gasteiger partial charge < -0.3 is 5.32 Å². The number of hydrogen-bond acceptors (Lipinski definition) is 4. The number of halogens is 2. The lowest BCUT2D eigenvalue weighted by molar-refractivity contribution is 0.0952. The van der Waals surface area contributed by atoms with E-state index in [1.54, 1.807) is 23.6 Å². The van der Waals surface area contributed by atoms with Crippen molar-refractivity contribution >= 4 is 50.5 Å². The van der Waals surface area contributed by atoms with Gasteiger partial charge in [0.1, 0.15) is 9.77 Å². The van der Waals surface area contributed by atoms with Gasteiger partial charge in [-0.1, -0.05) is 29.3 Å². The fraction of sp³-hybridized carbons (Fsp3) is 0.312. The SMILES string of the molecule is O=C(NCc1ccc(Cl)cc1Cl)c1sccc1S(=O)(=O)N1CCCC1. The molecule has 1 aromatic heterocycles. The number of benzene rings is 1. The van der Waals surface area contributed by atoms with Crippen molar-refractivity contribution in [1.82, 2.24) is 9.62 Å². The van der Waals surface area contributed by atoms with Crippen LogP contribution in [0, 0.1) is 0 Å². The van der Waals surface area contributed by atoms with Crippen molar-refractivity contribution in [2.24, 2.45) is 0 Å². The minimum atomic E-state index is -3.63. The highest BCUT2D eigenvalue weighted by Crippen LogP contribution is 2.28. The molecule has 2 aromatic rings. The van der Waals surface area contributed by atoms with Crippen LogP contribution in [-0.2, 0) is 16.6 Å². The molecule has 25 heavy (non-hydrogen) atoms. The largest absolute Gasteiger partial charge is 0.347 e. The lowest BCUT2D eigenvalue weighted by Crippen LogP contribution is -2.30. The first kappa shape index (κ1) is 18.7. The lowest BCUT2D eigenvalue weighted by atomic mass is 10.2. The van der Waals surface area contributed by atoms with Crippen molar-refractivity contribution in [1.29, 1.82) is 0 Å². The molecule has 0 bridgehead atoms. The average molecular weight is 419 g/mol. The third-order valence-corrected chi connectivity index (χ3v) is 7.54. The monoisotopic (exact) mass is 418 g/mol. The van der Waals surface area contributed by atoms with Crippen LogP contribution in [-0.4, -0.2) is 31.7 Å². The molecule has 1 aromatic carbocycles. The fourth-order valence-corrected chi connectivity index (χ4v) is 5.96. The number of carbonyl (C=O) groups is 1. The van der Waals surface area contributed by atoms with E-state index < -0.39 is 15.9 Å².